The average molecular weight is 237 g/mol. The predicted molar refractivity (Wildman–Crippen MR) is 70.9 cm³/mol. The van der Waals surface area contributed by atoms with Gasteiger partial charge in [-0.15, -0.1) is 0 Å². The number of carbonyl (C=O) groups is 1. The van der Waals surface area contributed by atoms with Gasteiger partial charge in [0, 0.05) is 24.9 Å². The SMILES string of the molecule is CCCN(CC1C(=O)CC(C)CC1C)C1CC1. The third kappa shape index (κ3) is 3.31. The van der Waals surface area contributed by atoms with Crippen LogP contribution in [0.25, 0.3) is 0 Å². The lowest BCUT2D eigenvalue weighted by Crippen LogP contribution is -2.41. The van der Waals surface area contributed by atoms with Crippen LogP contribution in [-0.2, 0) is 4.79 Å². The summed E-state index contributed by atoms with van der Waals surface area (Å²) in [7, 11) is 0. The van der Waals surface area contributed by atoms with Crippen molar-refractivity contribution in [2.45, 2.75) is 58.9 Å². The Balaban J connectivity index is 1.93. The molecular formula is C15H27NO. The third-order valence-electron chi connectivity index (χ3n) is 4.43. The van der Waals surface area contributed by atoms with Crippen molar-refractivity contribution < 1.29 is 4.79 Å². The van der Waals surface area contributed by atoms with Crippen LogP contribution in [0.5, 0.6) is 0 Å². The molecule has 2 aliphatic carbocycles. The van der Waals surface area contributed by atoms with Crippen molar-refractivity contribution in [3.8, 4) is 0 Å². The zero-order valence-corrected chi connectivity index (χ0v) is 11.6. The van der Waals surface area contributed by atoms with E-state index in [0.717, 1.165) is 19.0 Å². The lowest BCUT2D eigenvalue weighted by molar-refractivity contribution is -0.128. The molecule has 98 valence electrons. The molecule has 0 saturated heterocycles. The van der Waals surface area contributed by atoms with Crippen LogP contribution in [0.2, 0.25) is 0 Å². The molecule has 2 aliphatic rings. The average Bonchev–Trinajstić information content (AvgIpc) is 3.05. The van der Waals surface area contributed by atoms with Gasteiger partial charge in [0.1, 0.15) is 5.78 Å². The molecule has 3 atom stereocenters. The Bertz CT molecular complexity index is 272. The van der Waals surface area contributed by atoms with Gasteiger partial charge in [0.2, 0.25) is 0 Å². The first kappa shape index (κ1) is 13.1. The maximum atomic E-state index is 12.2. The molecule has 0 aromatic carbocycles. The minimum absolute atomic E-state index is 0.318. The fourth-order valence-electron chi connectivity index (χ4n) is 3.38. The molecule has 0 aromatic heterocycles. The minimum Gasteiger partial charge on any atom is -0.300 e. The molecule has 0 N–H and O–H groups in total. The Labute approximate surface area is 106 Å². The van der Waals surface area contributed by atoms with Crippen molar-refractivity contribution in [1.82, 2.24) is 4.90 Å². The highest BCUT2D eigenvalue weighted by atomic mass is 16.1. The van der Waals surface area contributed by atoms with Crippen molar-refractivity contribution in [3.05, 3.63) is 0 Å². The van der Waals surface area contributed by atoms with E-state index in [0.29, 0.717) is 23.5 Å². The number of ketones is 1. The van der Waals surface area contributed by atoms with Crippen molar-refractivity contribution in [3.63, 3.8) is 0 Å². The molecule has 2 saturated carbocycles. The van der Waals surface area contributed by atoms with Crippen LogP contribution in [0.3, 0.4) is 0 Å². The van der Waals surface area contributed by atoms with Crippen LogP contribution < -0.4 is 0 Å². The first-order chi connectivity index (χ1) is 8.11. The van der Waals surface area contributed by atoms with Crippen LogP contribution in [-0.4, -0.2) is 29.8 Å². The second-order valence-corrected chi connectivity index (χ2v) is 6.32. The molecule has 17 heavy (non-hydrogen) atoms. The summed E-state index contributed by atoms with van der Waals surface area (Å²) in [6, 6.07) is 0.800. The zero-order chi connectivity index (χ0) is 12.4. The van der Waals surface area contributed by atoms with Gasteiger partial charge >= 0.3 is 0 Å². The summed E-state index contributed by atoms with van der Waals surface area (Å²) in [5, 5.41) is 0. The summed E-state index contributed by atoms with van der Waals surface area (Å²) in [6.45, 7) is 8.94. The summed E-state index contributed by atoms with van der Waals surface area (Å²) in [5.74, 6) is 2.04. The Morgan fingerprint density at radius 1 is 1.29 bits per heavy atom. The number of Topliss-reactive ketones (excluding diaryl/α,β-unsaturated/α-hetero) is 1. The Hall–Kier alpha value is -0.370. The maximum absolute atomic E-state index is 12.2. The quantitative estimate of drug-likeness (QED) is 0.732. The Kier molecular flexibility index (Phi) is 4.24. The second-order valence-electron chi connectivity index (χ2n) is 6.32. The monoisotopic (exact) mass is 237 g/mol. The lowest BCUT2D eigenvalue weighted by atomic mass is 9.74. The molecule has 2 fully saturated rings. The number of carbonyl (C=O) groups excluding carboxylic acids is 1. The van der Waals surface area contributed by atoms with E-state index in [-0.39, 0.29) is 0 Å². The molecular weight excluding hydrogens is 210 g/mol. The van der Waals surface area contributed by atoms with Crippen molar-refractivity contribution >= 4 is 5.78 Å². The summed E-state index contributed by atoms with van der Waals surface area (Å²) in [5.41, 5.74) is 0. The van der Waals surface area contributed by atoms with Crippen molar-refractivity contribution in [2.24, 2.45) is 17.8 Å². The van der Waals surface area contributed by atoms with Crippen LogP contribution >= 0.6 is 0 Å². The van der Waals surface area contributed by atoms with E-state index in [1.165, 1.54) is 32.2 Å². The van der Waals surface area contributed by atoms with E-state index < -0.39 is 0 Å². The Morgan fingerprint density at radius 2 is 2.00 bits per heavy atom. The highest BCUT2D eigenvalue weighted by Crippen LogP contribution is 2.34. The highest BCUT2D eigenvalue weighted by molar-refractivity contribution is 5.82. The highest BCUT2D eigenvalue weighted by Gasteiger charge is 2.36. The van der Waals surface area contributed by atoms with Crippen molar-refractivity contribution in [1.29, 1.82) is 0 Å². The zero-order valence-electron chi connectivity index (χ0n) is 11.6. The molecule has 2 nitrogen and oxygen atoms in total. The lowest BCUT2D eigenvalue weighted by Gasteiger charge is -2.35. The van der Waals surface area contributed by atoms with Gasteiger partial charge in [0.05, 0.1) is 0 Å². The fourth-order valence-corrected chi connectivity index (χ4v) is 3.38. The first-order valence-electron chi connectivity index (χ1n) is 7.38. The summed E-state index contributed by atoms with van der Waals surface area (Å²) in [6.07, 6.45) is 5.97. The maximum Gasteiger partial charge on any atom is 0.137 e. The number of hydrogen-bond acceptors (Lipinski definition) is 2. The van der Waals surface area contributed by atoms with Gasteiger partial charge in [0.25, 0.3) is 0 Å². The molecule has 0 heterocycles. The number of nitrogens with zero attached hydrogens (tertiary/aromatic N) is 1. The van der Waals surface area contributed by atoms with E-state index in [9.17, 15) is 4.79 Å². The van der Waals surface area contributed by atoms with E-state index >= 15 is 0 Å². The van der Waals surface area contributed by atoms with Crippen LogP contribution in [0.4, 0.5) is 0 Å². The van der Waals surface area contributed by atoms with Crippen LogP contribution in [0.1, 0.15) is 52.9 Å². The van der Waals surface area contributed by atoms with Gasteiger partial charge in [-0.2, -0.15) is 0 Å². The summed E-state index contributed by atoms with van der Waals surface area (Å²) < 4.78 is 0. The Morgan fingerprint density at radius 3 is 2.53 bits per heavy atom. The molecule has 0 radical (unpaired) electrons. The topological polar surface area (TPSA) is 20.3 Å². The van der Waals surface area contributed by atoms with Crippen LogP contribution in [0, 0.1) is 17.8 Å². The van der Waals surface area contributed by atoms with Gasteiger partial charge in [-0.05, 0) is 44.1 Å². The molecule has 3 unspecified atom stereocenters. The second kappa shape index (κ2) is 5.51. The summed E-state index contributed by atoms with van der Waals surface area (Å²) in [4.78, 5) is 14.7. The summed E-state index contributed by atoms with van der Waals surface area (Å²) >= 11 is 0. The number of hydrogen-bond donors (Lipinski definition) is 0. The van der Waals surface area contributed by atoms with Gasteiger partial charge in [-0.1, -0.05) is 20.8 Å². The van der Waals surface area contributed by atoms with E-state index in [2.05, 4.69) is 25.7 Å². The van der Waals surface area contributed by atoms with E-state index in [1.807, 2.05) is 0 Å². The largest absolute Gasteiger partial charge is 0.300 e. The molecule has 2 heteroatoms. The van der Waals surface area contributed by atoms with Crippen LogP contribution in [0.15, 0.2) is 0 Å². The molecule has 0 aliphatic heterocycles. The number of rotatable bonds is 5. The molecule has 0 amide bonds. The van der Waals surface area contributed by atoms with Gasteiger partial charge in [-0.25, -0.2) is 0 Å². The normalized spacial score (nSPS) is 34.4. The van der Waals surface area contributed by atoms with Gasteiger partial charge < -0.3 is 0 Å². The standard InChI is InChI=1S/C15H27NO/c1-4-7-16(13-5-6-13)10-14-12(3)8-11(2)9-15(14)17/h11-14H,4-10H2,1-3H3. The fraction of sp³-hybridized carbons (Fsp3) is 0.933. The van der Waals surface area contributed by atoms with Crippen molar-refractivity contribution in [2.75, 3.05) is 13.1 Å². The first-order valence-corrected chi connectivity index (χ1v) is 7.38. The van der Waals surface area contributed by atoms with Gasteiger partial charge in [-0.3, -0.25) is 9.69 Å². The molecule has 2 rings (SSSR count). The predicted octanol–water partition coefficient (Wildman–Crippen LogP) is 3.11. The molecule has 0 aromatic rings. The van der Waals surface area contributed by atoms with E-state index in [1.54, 1.807) is 0 Å². The molecule has 0 spiro atoms. The minimum atomic E-state index is 0.318. The van der Waals surface area contributed by atoms with E-state index in [4.69, 9.17) is 0 Å². The third-order valence-corrected chi connectivity index (χ3v) is 4.43. The molecule has 0 bridgehead atoms. The van der Waals surface area contributed by atoms with Gasteiger partial charge in [0.15, 0.2) is 0 Å². The smallest absolute Gasteiger partial charge is 0.137 e.